The Morgan fingerprint density at radius 3 is 2.38 bits per heavy atom. The molecule has 0 saturated heterocycles. The molecule has 1 heteroatoms. The standard InChI is InChI=1S/C15H29N/c1-11(2)15(7-8-15)10-16-14-6-5-12(3)9-13(14)4/h11-14,16H,5-10H2,1-4H3. The van der Waals surface area contributed by atoms with Gasteiger partial charge in [-0.05, 0) is 55.3 Å². The predicted octanol–water partition coefficient (Wildman–Crippen LogP) is 3.84. The van der Waals surface area contributed by atoms with E-state index in [0.717, 1.165) is 23.8 Å². The molecule has 0 aromatic carbocycles. The molecular weight excluding hydrogens is 194 g/mol. The maximum atomic E-state index is 3.88. The molecule has 0 heterocycles. The minimum absolute atomic E-state index is 0.669. The van der Waals surface area contributed by atoms with Crippen LogP contribution in [0.3, 0.4) is 0 Å². The Morgan fingerprint density at radius 1 is 1.19 bits per heavy atom. The third-order valence-corrected chi connectivity index (χ3v) is 5.26. The molecule has 0 spiro atoms. The Morgan fingerprint density at radius 2 is 1.88 bits per heavy atom. The van der Waals surface area contributed by atoms with Gasteiger partial charge in [-0.15, -0.1) is 0 Å². The lowest BCUT2D eigenvalue weighted by molar-refractivity contribution is 0.208. The number of hydrogen-bond acceptors (Lipinski definition) is 1. The van der Waals surface area contributed by atoms with E-state index in [4.69, 9.17) is 0 Å². The molecule has 2 rings (SSSR count). The average Bonchev–Trinajstić information content (AvgIpc) is 2.97. The van der Waals surface area contributed by atoms with Crippen molar-refractivity contribution in [2.45, 2.75) is 65.8 Å². The van der Waals surface area contributed by atoms with Gasteiger partial charge in [0.25, 0.3) is 0 Å². The van der Waals surface area contributed by atoms with E-state index in [-0.39, 0.29) is 0 Å². The molecule has 2 aliphatic rings. The maximum absolute atomic E-state index is 3.88. The Labute approximate surface area is 101 Å². The van der Waals surface area contributed by atoms with Crippen molar-refractivity contribution in [1.82, 2.24) is 5.32 Å². The van der Waals surface area contributed by atoms with Crippen LogP contribution >= 0.6 is 0 Å². The van der Waals surface area contributed by atoms with Crippen molar-refractivity contribution in [1.29, 1.82) is 0 Å². The average molecular weight is 223 g/mol. The van der Waals surface area contributed by atoms with Crippen LogP contribution in [-0.4, -0.2) is 12.6 Å². The van der Waals surface area contributed by atoms with Crippen LogP contribution in [0.5, 0.6) is 0 Å². The van der Waals surface area contributed by atoms with Crippen LogP contribution in [0.4, 0.5) is 0 Å². The van der Waals surface area contributed by atoms with Gasteiger partial charge < -0.3 is 5.32 Å². The first-order valence-electron chi connectivity index (χ1n) is 7.27. The second-order valence-electron chi connectivity index (χ2n) is 6.90. The van der Waals surface area contributed by atoms with Crippen molar-refractivity contribution >= 4 is 0 Å². The van der Waals surface area contributed by atoms with Crippen molar-refractivity contribution in [3.8, 4) is 0 Å². The third kappa shape index (κ3) is 2.61. The fourth-order valence-electron chi connectivity index (χ4n) is 3.42. The van der Waals surface area contributed by atoms with E-state index >= 15 is 0 Å². The summed E-state index contributed by atoms with van der Waals surface area (Å²) >= 11 is 0. The first kappa shape index (κ1) is 12.4. The number of rotatable bonds is 4. The van der Waals surface area contributed by atoms with E-state index in [9.17, 15) is 0 Å². The van der Waals surface area contributed by atoms with E-state index in [1.165, 1.54) is 38.6 Å². The molecule has 0 amide bonds. The molecule has 94 valence electrons. The summed E-state index contributed by atoms with van der Waals surface area (Å²) in [6.07, 6.45) is 7.16. The normalized spacial score (nSPS) is 37.7. The summed E-state index contributed by atoms with van der Waals surface area (Å²) in [6.45, 7) is 10.9. The zero-order valence-corrected chi connectivity index (χ0v) is 11.6. The van der Waals surface area contributed by atoms with Crippen LogP contribution in [0.15, 0.2) is 0 Å². The molecule has 3 unspecified atom stereocenters. The van der Waals surface area contributed by atoms with Crippen LogP contribution in [0.25, 0.3) is 0 Å². The van der Waals surface area contributed by atoms with Crippen LogP contribution < -0.4 is 5.32 Å². The predicted molar refractivity (Wildman–Crippen MR) is 70.5 cm³/mol. The second kappa shape index (κ2) is 4.68. The molecule has 0 aromatic heterocycles. The van der Waals surface area contributed by atoms with E-state index < -0.39 is 0 Å². The van der Waals surface area contributed by atoms with Crippen molar-refractivity contribution in [2.75, 3.05) is 6.54 Å². The molecule has 0 radical (unpaired) electrons. The lowest BCUT2D eigenvalue weighted by atomic mass is 9.79. The molecule has 3 atom stereocenters. The quantitative estimate of drug-likeness (QED) is 0.763. The second-order valence-corrected chi connectivity index (χ2v) is 6.90. The highest BCUT2D eigenvalue weighted by molar-refractivity contribution is 4.98. The van der Waals surface area contributed by atoms with Gasteiger partial charge in [0.05, 0.1) is 0 Å². The Balaban J connectivity index is 1.78. The van der Waals surface area contributed by atoms with Crippen molar-refractivity contribution in [3.63, 3.8) is 0 Å². The Bertz CT molecular complexity index is 230. The summed E-state index contributed by atoms with van der Waals surface area (Å²) in [5.41, 5.74) is 0.669. The fourth-order valence-corrected chi connectivity index (χ4v) is 3.42. The highest BCUT2D eigenvalue weighted by atomic mass is 14.9. The van der Waals surface area contributed by atoms with Gasteiger partial charge in [-0.2, -0.15) is 0 Å². The molecule has 16 heavy (non-hydrogen) atoms. The van der Waals surface area contributed by atoms with Gasteiger partial charge in [0.1, 0.15) is 0 Å². The third-order valence-electron chi connectivity index (χ3n) is 5.26. The minimum atomic E-state index is 0.669. The summed E-state index contributed by atoms with van der Waals surface area (Å²) in [5, 5.41) is 3.88. The van der Waals surface area contributed by atoms with Crippen molar-refractivity contribution in [2.24, 2.45) is 23.2 Å². The topological polar surface area (TPSA) is 12.0 Å². The maximum Gasteiger partial charge on any atom is 0.00931 e. The summed E-state index contributed by atoms with van der Waals surface area (Å²) in [6, 6.07) is 0.799. The fraction of sp³-hybridized carbons (Fsp3) is 1.00. The van der Waals surface area contributed by atoms with E-state index in [0.29, 0.717) is 5.41 Å². The molecule has 0 bridgehead atoms. The molecule has 0 aromatic rings. The Kier molecular flexibility index (Phi) is 3.63. The SMILES string of the molecule is CC1CCC(NCC2(C(C)C)CC2)C(C)C1. The Hall–Kier alpha value is -0.0400. The van der Waals surface area contributed by atoms with Crippen molar-refractivity contribution < 1.29 is 0 Å². The molecule has 0 aliphatic heterocycles. The van der Waals surface area contributed by atoms with Gasteiger partial charge in [0.15, 0.2) is 0 Å². The highest BCUT2D eigenvalue weighted by Gasteiger charge is 2.45. The number of nitrogens with one attached hydrogen (secondary N) is 1. The zero-order valence-electron chi connectivity index (χ0n) is 11.6. The minimum Gasteiger partial charge on any atom is -0.313 e. The summed E-state index contributed by atoms with van der Waals surface area (Å²) in [4.78, 5) is 0. The molecule has 2 aliphatic carbocycles. The monoisotopic (exact) mass is 223 g/mol. The molecule has 1 N–H and O–H groups in total. The first-order chi connectivity index (χ1) is 7.53. The van der Waals surface area contributed by atoms with Gasteiger partial charge in [0.2, 0.25) is 0 Å². The lowest BCUT2D eigenvalue weighted by Gasteiger charge is -2.35. The zero-order chi connectivity index (χ0) is 11.8. The van der Waals surface area contributed by atoms with Crippen molar-refractivity contribution in [3.05, 3.63) is 0 Å². The van der Waals surface area contributed by atoms with Gasteiger partial charge in [0, 0.05) is 12.6 Å². The molecule has 1 nitrogen and oxygen atoms in total. The molecule has 2 saturated carbocycles. The van der Waals surface area contributed by atoms with E-state index in [1.54, 1.807) is 0 Å². The largest absolute Gasteiger partial charge is 0.313 e. The van der Waals surface area contributed by atoms with Crippen LogP contribution in [-0.2, 0) is 0 Å². The highest BCUT2D eigenvalue weighted by Crippen LogP contribution is 2.51. The summed E-state index contributed by atoms with van der Waals surface area (Å²) in [5.74, 6) is 2.69. The van der Waals surface area contributed by atoms with Gasteiger partial charge in [-0.25, -0.2) is 0 Å². The first-order valence-corrected chi connectivity index (χ1v) is 7.27. The summed E-state index contributed by atoms with van der Waals surface area (Å²) < 4.78 is 0. The van der Waals surface area contributed by atoms with Gasteiger partial charge in [-0.3, -0.25) is 0 Å². The van der Waals surface area contributed by atoms with Crippen LogP contribution in [0.2, 0.25) is 0 Å². The smallest absolute Gasteiger partial charge is 0.00931 e. The summed E-state index contributed by atoms with van der Waals surface area (Å²) in [7, 11) is 0. The molecular formula is C15H29N. The lowest BCUT2D eigenvalue weighted by Crippen LogP contribution is -2.42. The van der Waals surface area contributed by atoms with Crippen LogP contribution in [0, 0.1) is 23.2 Å². The van der Waals surface area contributed by atoms with E-state index in [1.807, 2.05) is 0 Å². The molecule has 2 fully saturated rings. The van der Waals surface area contributed by atoms with Gasteiger partial charge >= 0.3 is 0 Å². The van der Waals surface area contributed by atoms with Gasteiger partial charge in [-0.1, -0.05) is 27.7 Å². The van der Waals surface area contributed by atoms with E-state index in [2.05, 4.69) is 33.0 Å². The van der Waals surface area contributed by atoms with Crippen LogP contribution in [0.1, 0.15) is 59.8 Å². The number of hydrogen-bond donors (Lipinski definition) is 1.